The molecule has 28 nitrogen and oxygen atoms in total. The summed E-state index contributed by atoms with van der Waals surface area (Å²) in [6, 6.07) is 1.78. The molecule has 0 radical (unpaired) electrons. The fourth-order valence-electron chi connectivity index (χ4n) is 11.4. The third-order valence-corrected chi connectivity index (χ3v) is 21.1. The topological polar surface area (TPSA) is 397 Å². The van der Waals surface area contributed by atoms with Crippen molar-refractivity contribution in [2.75, 3.05) is 27.0 Å². The number of methoxy groups -OCH3 is 1. The van der Waals surface area contributed by atoms with Crippen LogP contribution in [0.2, 0.25) is 0 Å². The average Bonchev–Trinajstić information content (AvgIpc) is 1.86. The van der Waals surface area contributed by atoms with Gasteiger partial charge in [-0.25, -0.2) is 34.7 Å². The molecule has 1 saturated heterocycles. The van der Waals surface area contributed by atoms with Gasteiger partial charge >= 0.3 is 5.97 Å². The molecule has 4 aliphatic rings. The van der Waals surface area contributed by atoms with Crippen LogP contribution < -0.4 is 27.0 Å². The lowest BCUT2D eigenvalue weighted by Gasteiger charge is -2.48. The van der Waals surface area contributed by atoms with Crippen LogP contribution in [0.3, 0.4) is 0 Å². The molecule has 1 fully saturated rings. The molecule has 92 heavy (non-hydrogen) atoms. The van der Waals surface area contributed by atoms with Gasteiger partial charge in [0, 0.05) is 61.1 Å². The van der Waals surface area contributed by atoms with E-state index in [1.807, 2.05) is 4.90 Å². The van der Waals surface area contributed by atoms with Crippen molar-refractivity contribution in [2.45, 2.75) is 108 Å². The second-order valence-electron chi connectivity index (χ2n) is 22.3. The molecule has 0 spiro atoms. The Balaban J connectivity index is 1.04. The number of benzene rings is 1. The number of thioether (sulfide) groups is 1. The van der Waals surface area contributed by atoms with Crippen LogP contribution in [0, 0.1) is 0 Å². The van der Waals surface area contributed by atoms with E-state index in [-0.39, 0.29) is 106 Å². The van der Waals surface area contributed by atoms with Crippen molar-refractivity contribution < 1.29 is 72.6 Å². The Hall–Kier alpha value is -8.00. The summed E-state index contributed by atoms with van der Waals surface area (Å²) in [5, 5.41) is 53.7. The van der Waals surface area contributed by atoms with Crippen molar-refractivity contribution in [1.82, 2.24) is 61.1 Å². The molecule has 7 aromatic heterocycles. The van der Waals surface area contributed by atoms with E-state index in [2.05, 4.69) is 41.2 Å². The van der Waals surface area contributed by atoms with Gasteiger partial charge < -0.3 is 75.9 Å². The van der Waals surface area contributed by atoms with Gasteiger partial charge in [0.05, 0.1) is 49.3 Å². The number of nitrogens with two attached hydrogens (primary N) is 1. The number of H-pyrrole nitrogens is 1. The third kappa shape index (κ3) is 12.6. The number of carbonyl (C=O) groups excluding carboxylic acids is 7. The van der Waals surface area contributed by atoms with E-state index in [1.54, 1.807) is 51.5 Å². The minimum absolute atomic E-state index is 0.0132. The predicted octanol–water partition coefficient (Wildman–Crippen LogP) is 5.27. The quantitative estimate of drug-likeness (QED) is 0.0725. The number of carbonyl (C=O) groups is 7. The van der Waals surface area contributed by atoms with Gasteiger partial charge in [-0.05, 0) is 59.5 Å². The molecular formula is C58H57N13O15S6. The number of amides is 5. The molecular weight excluding hydrogens is 1310 g/mol. The summed E-state index contributed by atoms with van der Waals surface area (Å²) in [4.78, 5) is 134. The fraction of sp³-hybridized carbons (Fsp3) is 0.362. The molecule has 5 amide bonds. The van der Waals surface area contributed by atoms with Gasteiger partial charge in [-0.15, -0.1) is 56.7 Å². The highest BCUT2D eigenvalue weighted by Gasteiger charge is 2.50. The molecule has 8 aromatic rings. The summed E-state index contributed by atoms with van der Waals surface area (Å²) in [5.74, 6) is -5.70. The summed E-state index contributed by atoms with van der Waals surface area (Å²) >= 11 is 5.73. The molecule has 480 valence electrons. The molecule has 10 N–H and O–H groups in total. The van der Waals surface area contributed by atoms with Crippen molar-refractivity contribution in [2.24, 2.45) is 5.73 Å². The predicted molar refractivity (Wildman–Crippen MR) is 338 cm³/mol. The Bertz CT molecular complexity index is 4300. The smallest absolute Gasteiger partial charge is 0.338 e. The van der Waals surface area contributed by atoms with Gasteiger partial charge in [0.2, 0.25) is 11.0 Å². The maximum atomic E-state index is 15.1. The van der Waals surface area contributed by atoms with Crippen LogP contribution in [-0.4, -0.2) is 171 Å². The van der Waals surface area contributed by atoms with Gasteiger partial charge in [0.1, 0.15) is 107 Å². The number of esters is 1. The molecule has 10 unspecified atom stereocenters. The normalized spacial score (nSPS) is 25.0. The number of likely N-dealkylation sites (N-methyl/N-ethyl adjacent to an activating group) is 1. The van der Waals surface area contributed by atoms with Crippen LogP contribution >= 0.6 is 68.4 Å². The van der Waals surface area contributed by atoms with E-state index in [1.165, 1.54) is 48.5 Å². The average molecular weight is 1370 g/mol. The largest absolute Gasteiger partial charge is 0.506 e. The first kappa shape index (κ1) is 64.1. The van der Waals surface area contributed by atoms with Gasteiger partial charge in [0.15, 0.2) is 12.4 Å². The van der Waals surface area contributed by atoms with E-state index in [0.717, 1.165) is 68.4 Å². The Morgan fingerprint density at radius 3 is 2.23 bits per heavy atom. The van der Waals surface area contributed by atoms with Crippen LogP contribution in [0.15, 0.2) is 56.9 Å². The number of thiazole rings is 5. The van der Waals surface area contributed by atoms with Crippen LogP contribution in [0.5, 0.6) is 5.75 Å². The van der Waals surface area contributed by atoms with Crippen molar-refractivity contribution in [3.63, 3.8) is 0 Å². The zero-order valence-electron chi connectivity index (χ0n) is 49.6. The summed E-state index contributed by atoms with van der Waals surface area (Å²) < 4.78 is 31.8. The number of aliphatic hydroxyl groups is 2. The number of pyridine rings is 1. The number of aliphatic hydroxyl groups excluding tert-OH is 1. The summed E-state index contributed by atoms with van der Waals surface area (Å²) in [7, 11) is 4.92. The lowest BCUT2D eigenvalue weighted by atomic mass is 9.85. The standard InChI is InChI=1S/C58H57N13O15S6/c1-21(72)37-50(78)69-38(22(2)82-7)53-65-32(19-90-53)49(77)70-42-43-44(86-35-12-58(4,81)45(71(5)6)23(3)85-35)56(79)84-13-24-9-8-10-27-36(24)26(14-83-43)40(60-27)57(80)92-20-33(61-47(75)30-18-91-55(42)66-30)52-62-28(15-88-52)39-25(51-64-31(17-87-51)48(76)68-37)11-34(73)41(67-39)54-63-29(16-89-54)46(59)74/h8-11,15-19,21,23,33,35,37,42-45,60,72-73,81H,12-14,20H2,1-7H3,(H2,59,74)(H,61,75)(H,68,76)(H,69,78)(H,70,77)/b38-22+. The first-order valence-corrected chi connectivity index (χ1v) is 33.6. The van der Waals surface area contributed by atoms with Crippen LogP contribution in [0.4, 0.5) is 0 Å². The number of aromatic amines is 1. The maximum absolute atomic E-state index is 15.1. The second kappa shape index (κ2) is 25.8. The number of nitrogens with one attached hydrogen (secondary N) is 5. The Morgan fingerprint density at radius 1 is 0.837 bits per heavy atom. The highest BCUT2D eigenvalue weighted by atomic mass is 32.2. The van der Waals surface area contributed by atoms with Crippen molar-refractivity contribution in [1.29, 1.82) is 0 Å². The number of rotatable bonds is 7. The number of allylic oxidation sites excluding steroid dienone is 1. The van der Waals surface area contributed by atoms with Crippen LogP contribution in [-0.2, 0) is 46.5 Å². The van der Waals surface area contributed by atoms with E-state index < -0.39 is 113 Å². The number of hydrogen-bond acceptors (Lipinski definition) is 28. The van der Waals surface area contributed by atoms with Gasteiger partial charge in [-0.3, -0.25) is 28.8 Å². The monoisotopic (exact) mass is 1370 g/mol. The lowest BCUT2D eigenvalue weighted by Crippen LogP contribution is -2.62. The fourth-order valence-corrected chi connectivity index (χ4v) is 16.6. The number of aromatic nitrogens is 7. The van der Waals surface area contributed by atoms with Gasteiger partial charge in [-0.2, -0.15) is 0 Å². The molecule has 10 atom stereocenters. The minimum Gasteiger partial charge on any atom is -0.506 e. The van der Waals surface area contributed by atoms with E-state index in [0.29, 0.717) is 22.0 Å². The number of primary amides is 1. The molecule has 12 rings (SSSR count). The highest BCUT2D eigenvalue weighted by Crippen LogP contribution is 2.43. The lowest BCUT2D eigenvalue weighted by molar-refractivity contribution is -0.280. The third-order valence-electron chi connectivity index (χ3n) is 15.6. The number of fused-ring (bicyclic) bond motifs is 15. The van der Waals surface area contributed by atoms with Crippen molar-refractivity contribution >= 4 is 126 Å². The number of aromatic hydroxyl groups is 1. The Morgan fingerprint density at radius 2 is 1.51 bits per heavy atom. The van der Waals surface area contributed by atoms with Crippen molar-refractivity contribution in [3.05, 3.63) is 112 Å². The van der Waals surface area contributed by atoms with E-state index >= 15 is 14.4 Å². The zero-order chi connectivity index (χ0) is 65.2. The molecule has 12 bridgehead atoms. The molecule has 1 aromatic carbocycles. The Labute approximate surface area is 546 Å². The summed E-state index contributed by atoms with van der Waals surface area (Å²) in [5.41, 5.74) is 5.13. The molecule has 0 saturated carbocycles. The molecule has 4 aliphatic heterocycles. The van der Waals surface area contributed by atoms with Crippen LogP contribution in [0.1, 0.15) is 125 Å². The Kier molecular flexibility index (Phi) is 18.0. The number of cyclic esters (lactones) is 1. The van der Waals surface area contributed by atoms with Crippen LogP contribution in [0.25, 0.3) is 49.3 Å². The van der Waals surface area contributed by atoms with E-state index in [4.69, 9.17) is 44.4 Å². The van der Waals surface area contributed by atoms with Gasteiger partial charge in [-0.1, -0.05) is 23.9 Å². The maximum Gasteiger partial charge on any atom is 0.338 e. The number of nitrogens with zero attached hydrogens (tertiary/aromatic N) is 7. The SMILES string of the molecule is CO/C(C)=C1/NC(=O)C(C(C)O)NC(=O)c2csc(n2)-c2cc(O)c(-c3nc(C(N)=O)cs3)nc2-c2csc(n2)C2CSC(=O)c3[nH]c4cccc5c4c3COC(C(OC3CC(C)(O)C(N(C)C)C(C)O3)C(=O)OC5)C(NC(=O)c3csc1n3)c1nc(cs1)C(=O)N2. The summed E-state index contributed by atoms with van der Waals surface area (Å²) in [6.45, 7) is 5.43. The zero-order valence-corrected chi connectivity index (χ0v) is 54.5. The molecule has 0 aliphatic carbocycles. The minimum atomic E-state index is -1.81. The number of hydrogen-bond donors (Lipinski definition) is 9. The van der Waals surface area contributed by atoms with E-state index in [9.17, 15) is 34.5 Å². The summed E-state index contributed by atoms with van der Waals surface area (Å²) in [6.07, 6.45) is -7.09. The molecule has 11 heterocycles. The number of ether oxygens (including phenoxy) is 5. The first-order chi connectivity index (χ1) is 43.9. The van der Waals surface area contributed by atoms with Gasteiger partial charge in [0.25, 0.3) is 23.6 Å². The van der Waals surface area contributed by atoms with Crippen molar-refractivity contribution in [3.8, 4) is 38.4 Å². The highest BCUT2D eigenvalue weighted by molar-refractivity contribution is 8.14. The first-order valence-electron chi connectivity index (χ1n) is 28.2. The second-order valence-corrected chi connectivity index (χ2v) is 27.6. The molecule has 34 heteroatoms.